The molecule has 0 fully saturated rings. The van der Waals surface area contributed by atoms with Gasteiger partial charge in [-0.1, -0.05) is 34.4 Å². The molecule has 1 amide bonds. The van der Waals surface area contributed by atoms with Gasteiger partial charge in [0, 0.05) is 5.56 Å². The zero-order chi connectivity index (χ0) is 15.7. The minimum Gasteiger partial charge on any atom is -0.451 e. The van der Waals surface area contributed by atoms with Crippen molar-refractivity contribution in [3.05, 3.63) is 46.1 Å². The summed E-state index contributed by atoms with van der Waals surface area (Å²) in [6, 6.07) is 8.33. The molecule has 3 aromatic rings. The van der Waals surface area contributed by atoms with Crippen LogP contribution >= 0.6 is 23.2 Å². The van der Waals surface area contributed by atoms with Crippen molar-refractivity contribution < 1.29 is 9.21 Å². The van der Waals surface area contributed by atoms with Crippen molar-refractivity contribution in [1.82, 2.24) is 20.2 Å². The Morgan fingerprint density at radius 3 is 2.82 bits per heavy atom. The van der Waals surface area contributed by atoms with Gasteiger partial charge in [0.15, 0.2) is 5.76 Å². The topological polar surface area (TPSA) is 85.8 Å². The molecule has 9 heteroatoms. The number of amides is 1. The summed E-state index contributed by atoms with van der Waals surface area (Å²) >= 11 is 12.1. The van der Waals surface area contributed by atoms with Crippen LogP contribution < -0.4 is 5.32 Å². The number of hydrogen-bond acceptors (Lipinski definition) is 5. The van der Waals surface area contributed by atoms with Crippen LogP contribution in [0.25, 0.3) is 11.3 Å². The van der Waals surface area contributed by atoms with Crippen LogP contribution in [0.3, 0.4) is 0 Å². The summed E-state index contributed by atoms with van der Waals surface area (Å²) < 4.78 is 5.51. The molecular weight excluding hydrogens is 329 g/mol. The van der Waals surface area contributed by atoms with E-state index in [-0.39, 0.29) is 11.7 Å². The molecule has 0 aliphatic rings. The molecule has 0 radical (unpaired) electrons. The molecule has 2 aromatic heterocycles. The van der Waals surface area contributed by atoms with Crippen LogP contribution in [0.2, 0.25) is 10.0 Å². The third-order valence-electron chi connectivity index (χ3n) is 2.78. The number of halogens is 2. The highest BCUT2D eigenvalue weighted by atomic mass is 35.5. The number of furan rings is 1. The average Bonchev–Trinajstić information content (AvgIpc) is 3.11. The lowest BCUT2D eigenvalue weighted by Gasteiger charge is -2.02. The maximum Gasteiger partial charge on any atom is 0.293 e. The quantitative estimate of drug-likeness (QED) is 0.793. The van der Waals surface area contributed by atoms with E-state index in [0.29, 0.717) is 21.4 Å². The first-order valence-corrected chi connectivity index (χ1v) is 6.90. The van der Waals surface area contributed by atoms with E-state index in [1.807, 2.05) is 0 Å². The zero-order valence-corrected chi connectivity index (χ0v) is 12.8. The van der Waals surface area contributed by atoms with E-state index in [4.69, 9.17) is 27.6 Å². The predicted molar refractivity (Wildman–Crippen MR) is 80.9 cm³/mol. The molecule has 0 saturated carbocycles. The number of aryl methyl sites for hydroxylation is 1. The lowest BCUT2D eigenvalue weighted by molar-refractivity contribution is 0.0996. The highest BCUT2D eigenvalue weighted by molar-refractivity contribution is 6.43. The molecule has 0 aliphatic carbocycles. The molecule has 0 aliphatic heterocycles. The average molecular weight is 338 g/mol. The standard InChI is InChI=1S/C13H9Cl2N5O2/c1-20-18-13(17-19-20)16-12(21)10-6-5-9(22-10)7-3-2-4-8(14)11(7)15/h2-6H,1H3,(H,16,18,21). The Labute approximate surface area is 134 Å². The van der Waals surface area contributed by atoms with Crippen LogP contribution in [0.1, 0.15) is 10.6 Å². The Morgan fingerprint density at radius 2 is 2.09 bits per heavy atom. The highest BCUT2D eigenvalue weighted by Gasteiger charge is 2.16. The van der Waals surface area contributed by atoms with Crippen molar-refractivity contribution in [1.29, 1.82) is 0 Å². The maximum atomic E-state index is 12.0. The first-order chi connectivity index (χ1) is 10.5. The summed E-state index contributed by atoms with van der Waals surface area (Å²) in [5.41, 5.74) is 0.603. The summed E-state index contributed by atoms with van der Waals surface area (Å²) in [4.78, 5) is 13.3. The van der Waals surface area contributed by atoms with Crippen LogP contribution in [0.4, 0.5) is 5.95 Å². The van der Waals surface area contributed by atoms with Crippen molar-refractivity contribution in [2.45, 2.75) is 0 Å². The van der Waals surface area contributed by atoms with Crippen LogP contribution in [-0.2, 0) is 7.05 Å². The van der Waals surface area contributed by atoms with E-state index in [0.717, 1.165) is 0 Å². The fourth-order valence-corrected chi connectivity index (χ4v) is 2.19. The summed E-state index contributed by atoms with van der Waals surface area (Å²) in [6.45, 7) is 0. The van der Waals surface area contributed by atoms with Crippen LogP contribution in [-0.4, -0.2) is 26.1 Å². The van der Waals surface area contributed by atoms with Gasteiger partial charge in [0.2, 0.25) is 0 Å². The fraction of sp³-hybridized carbons (Fsp3) is 0.0769. The van der Waals surface area contributed by atoms with Gasteiger partial charge in [-0.3, -0.25) is 10.1 Å². The number of nitrogens with one attached hydrogen (secondary N) is 1. The second-order valence-electron chi connectivity index (χ2n) is 4.32. The van der Waals surface area contributed by atoms with E-state index in [9.17, 15) is 4.79 Å². The molecule has 0 unspecified atom stereocenters. The molecule has 3 rings (SSSR count). The van der Waals surface area contributed by atoms with Gasteiger partial charge in [-0.05, 0) is 29.5 Å². The van der Waals surface area contributed by atoms with E-state index < -0.39 is 5.91 Å². The van der Waals surface area contributed by atoms with E-state index >= 15 is 0 Å². The Hall–Kier alpha value is -2.38. The van der Waals surface area contributed by atoms with E-state index in [1.54, 1.807) is 31.3 Å². The van der Waals surface area contributed by atoms with Crippen molar-refractivity contribution in [3.63, 3.8) is 0 Å². The maximum absolute atomic E-state index is 12.0. The van der Waals surface area contributed by atoms with E-state index in [2.05, 4.69) is 20.7 Å². The van der Waals surface area contributed by atoms with Crippen LogP contribution in [0.15, 0.2) is 34.7 Å². The van der Waals surface area contributed by atoms with Crippen molar-refractivity contribution in [3.8, 4) is 11.3 Å². The molecule has 7 nitrogen and oxygen atoms in total. The molecule has 0 bridgehead atoms. The molecule has 0 saturated heterocycles. The van der Waals surface area contributed by atoms with Gasteiger partial charge in [0.1, 0.15) is 5.76 Å². The van der Waals surface area contributed by atoms with Gasteiger partial charge < -0.3 is 4.42 Å². The second-order valence-corrected chi connectivity index (χ2v) is 5.11. The SMILES string of the molecule is Cn1nnc(NC(=O)c2ccc(-c3cccc(Cl)c3Cl)o2)n1. The zero-order valence-electron chi connectivity index (χ0n) is 11.2. The van der Waals surface area contributed by atoms with Gasteiger partial charge in [-0.2, -0.15) is 4.80 Å². The first kappa shape index (κ1) is 14.6. The number of rotatable bonds is 3. The molecule has 1 aromatic carbocycles. The molecule has 0 atom stereocenters. The van der Waals surface area contributed by atoms with Crippen molar-refractivity contribution >= 4 is 35.1 Å². The summed E-state index contributed by atoms with van der Waals surface area (Å²) in [5.74, 6) is 0.131. The summed E-state index contributed by atoms with van der Waals surface area (Å²) in [5, 5.41) is 14.4. The number of nitrogens with zero attached hydrogens (tertiary/aromatic N) is 4. The number of hydrogen-bond donors (Lipinski definition) is 1. The predicted octanol–water partition coefficient (Wildman–Crippen LogP) is 3.03. The smallest absolute Gasteiger partial charge is 0.293 e. The third kappa shape index (κ3) is 2.81. The Kier molecular flexibility index (Phi) is 3.82. The van der Waals surface area contributed by atoms with Gasteiger partial charge in [0.05, 0.1) is 17.1 Å². The van der Waals surface area contributed by atoms with Crippen LogP contribution in [0.5, 0.6) is 0 Å². The molecule has 0 spiro atoms. The number of anilines is 1. The lowest BCUT2D eigenvalue weighted by atomic mass is 10.2. The molecule has 22 heavy (non-hydrogen) atoms. The molecule has 2 heterocycles. The van der Waals surface area contributed by atoms with Crippen LogP contribution in [0, 0.1) is 0 Å². The summed E-state index contributed by atoms with van der Waals surface area (Å²) in [7, 11) is 1.59. The van der Waals surface area contributed by atoms with Gasteiger partial charge in [0.25, 0.3) is 11.9 Å². The molecule has 1 N–H and O–H groups in total. The first-order valence-electron chi connectivity index (χ1n) is 6.14. The minimum absolute atomic E-state index is 0.0891. The normalized spacial score (nSPS) is 10.7. The van der Waals surface area contributed by atoms with Crippen molar-refractivity contribution in [2.75, 3.05) is 5.32 Å². The summed E-state index contributed by atoms with van der Waals surface area (Å²) in [6.07, 6.45) is 0. The monoisotopic (exact) mass is 337 g/mol. The van der Waals surface area contributed by atoms with Crippen molar-refractivity contribution in [2.24, 2.45) is 7.05 Å². The third-order valence-corrected chi connectivity index (χ3v) is 3.60. The van der Waals surface area contributed by atoms with Gasteiger partial charge in [-0.25, -0.2) is 0 Å². The molecular formula is C13H9Cl2N5O2. The number of carbonyl (C=O) groups is 1. The van der Waals surface area contributed by atoms with E-state index in [1.165, 1.54) is 10.9 Å². The molecule has 112 valence electrons. The largest absolute Gasteiger partial charge is 0.451 e. The number of carbonyl (C=O) groups excluding carboxylic acids is 1. The second kappa shape index (κ2) is 5.78. The number of aromatic nitrogens is 4. The fourth-order valence-electron chi connectivity index (χ4n) is 1.80. The highest BCUT2D eigenvalue weighted by Crippen LogP contribution is 2.34. The number of tetrazole rings is 1. The Bertz CT molecular complexity index is 843. The van der Waals surface area contributed by atoms with Gasteiger partial charge in [-0.15, -0.1) is 5.10 Å². The minimum atomic E-state index is -0.489. The number of benzene rings is 1. The van der Waals surface area contributed by atoms with Gasteiger partial charge >= 0.3 is 0 Å². The Morgan fingerprint density at radius 1 is 1.27 bits per heavy atom. The Balaban J connectivity index is 1.84. The lowest BCUT2D eigenvalue weighted by Crippen LogP contribution is -2.12.